The van der Waals surface area contributed by atoms with Crippen LogP contribution >= 0.6 is 0 Å². The summed E-state index contributed by atoms with van der Waals surface area (Å²) in [5.41, 5.74) is 1.21. The van der Waals surface area contributed by atoms with E-state index in [0.717, 1.165) is 4.90 Å². The number of benzene rings is 2. The summed E-state index contributed by atoms with van der Waals surface area (Å²) in [6.07, 6.45) is -0.593. The molecule has 0 aliphatic carbocycles. The maximum absolute atomic E-state index is 12.3. The van der Waals surface area contributed by atoms with E-state index in [1.165, 1.54) is 0 Å². The normalized spacial score (nSPS) is 14.6. The van der Waals surface area contributed by atoms with Gasteiger partial charge < -0.3 is 4.74 Å². The first-order valence-corrected chi connectivity index (χ1v) is 7.29. The molecule has 1 aliphatic rings. The molecule has 0 radical (unpaired) electrons. The number of hydrogen-bond acceptors (Lipinski definition) is 4. The third-order valence-electron chi connectivity index (χ3n) is 3.64. The van der Waals surface area contributed by atoms with Crippen molar-refractivity contribution in [1.82, 2.24) is 4.90 Å². The minimum absolute atomic E-state index is 0.0327. The molecule has 0 N–H and O–H groups in total. The van der Waals surface area contributed by atoms with Crippen LogP contribution in [0.5, 0.6) is 0 Å². The summed E-state index contributed by atoms with van der Waals surface area (Å²) in [7, 11) is 0. The molecule has 116 valence electrons. The molecule has 1 unspecified atom stereocenters. The first kappa shape index (κ1) is 15.0. The predicted octanol–water partition coefficient (Wildman–Crippen LogP) is 2.53. The Bertz CT molecular complexity index is 735. The zero-order valence-electron chi connectivity index (χ0n) is 12.6. The van der Waals surface area contributed by atoms with Crippen molar-refractivity contribution in [3.8, 4) is 0 Å². The Labute approximate surface area is 133 Å². The van der Waals surface area contributed by atoms with Gasteiger partial charge in [0.1, 0.15) is 6.10 Å². The first-order chi connectivity index (χ1) is 11.1. The second kappa shape index (κ2) is 6.04. The molecule has 2 aromatic carbocycles. The molecule has 0 spiro atoms. The maximum Gasteiger partial charge on any atom is 0.338 e. The van der Waals surface area contributed by atoms with Gasteiger partial charge in [-0.05, 0) is 31.2 Å². The van der Waals surface area contributed by atoms with Crippen molar-refractivity contribution in [1.29, 1.82) is 0 Å². The fourth-order valence-corrected chi connectivity index (χ4v) is 2.52. The van der Waals surface area contributed by atoms with Crippen LogP contribution in [0.2, 0.25) is 0 Å². The van der Waals surface area contributed by atoms with Gasteiger partial charge in [0.25, 0.3) is 11.8 Å². The summed E-state index contributed by atoms with van der Waals surface area (Å²) in [6.45, 7) is 1.69. The van der Waals surface area contributed by atoms with E-state index in [-0.39, 0.29) is 18.4 Å². The van der Waals surface area contributed by atoms with Gasteiger partial charge in [0.15, 0.2) is 0 Å². The van der Waals surface area contributed by atoms with Gasteiger partial charge in [-0.15, -0.1) is 0 Å². The summed E-state index contributed by atoms with van der Waals surface area (Å²) >= 11 is 0. The molecular weight excluding hydrogens is 294 g/mol. The highest BCUT2D eigenvalue weighted by atomic mass is 16.5. The van der Waals surface area contributed by atoms with Crippen molar-refractivity contribution in [3.05, 3.63) is 71.3 Å². The molecule has 23 heavy (non-hydrogen) atoms. The van der Waals surface area contributed by atoms with Crippen LogP contribution in [0.15, 0.2) is 54.6 Å². The number of rotatable bonds is 4. The molecule has 5 nitrogen and oxygen atoms in total. The lowest BCUT2D eigenvalue weighted by Gasteiger charge is -2.19. The van der Waals surface area contributed by atoms with Crippen LogP contribution in [0.4, 0.5) is 0 Å². The van der Waals surface area contributed by atoms with Gasteiger partial charge in [0.05, 0.1) is 23.2 Å². The van der Waals surface area contributed by atoms with E-state index in [4.69, 9.17) is 4.74 Å². The number of carbonyl (C=O) groups is 3. The minimum atomic E-state index is -0.593. The number of ether oxygens (including phenoxy) is 1. The Hall–Kier alpha value is -2.95. The molecule has 5 heteroatoms. The molecule has 0 saturated heterocycles. The van der Waals surface area contributed by atoms with Crippen molar-refractivity contribution >= 4 is 17.8 Å². The molecule has 1 aliphatic heterocycles. The number of nitrogens with zero attached hydrogens (tertiary/aromatic N) is 1. The Morgan fingerprint density at radius 2 is 1.48 bits per heavy atom. The highest BCUT2D eigenvalue weighted by molar-refractivity contribution is 6.21. The fraction of sp³-hybridized carbons (Fsp3) is 0.167. The second-order valence-electron chi connectivity index (χ2n) is 5.35. The molecule has 0 saturated carbocycles. The molecular formula is C18H15NO4. The third-order valence-corrected chi connectivity index (χ3v) is 3.64. The molecule has 2 amide bonds. The summed E-state index contributed by atoms with van der Waals surface area (Å²) < 4.78 is 5.31. The van der Waals surface area contributed by atoms with Crippen molar-refractivity contribution < 1.29 is 19.1 Å². The van der Waals surface area contributed by atoms with Crippen LogP contribution in [0, 0.1) is 0 Å². The highest BCUT2D eigenvalue weighted by Crippen LogP contribution is 2.22. The molecule has 0 bridgehead atoms. The van der Waals surface area contributed by atoms with E-state index in [1.807, 2.05) is 0 Å². The van der Waals surface area contributed by atoms with Gasteiger partial charge in [-0.25, -0.2) is 4.79 Å². The number of carbonyl (C=O) groups excluding carboxylic acids is 3. The molecule has 1 atom stereocenters. The smallest absolute Gasteiger partial charge is 0.338 e. The van der Waals surface area contributed by atoms with Crippen LogP contribution in [0.3, 0.4) is 0 Å². The molecule has 1 heterocycles. The van der Waals surface area contributed by atoms with E-state index in [1.54, 1.807) is 61.5 Å². The van der Waals surface area contributed by atoms with Crippen LogP contribution in [-0.4, -0.2) is 35.3 Å². The zero-order valence-corrected chi connectivity index (χ0v) is 12.6. The number of hydrogen-bond donors (Lipinski definition) is 0. The van der Waals surface area contributed by atoms with Gasteiger partial charge in [0, 0.05) is 0 Å². The summed E-state index contributed by atoms with van der Waals surface area (Å²) in [4.78, 5) is 37.6. The topological polar surface area (TPSA) is 63.7 Å². The Morgan fingerprint density at radius 1 is 0.957 bits per heavy atom. The van der Waals surface area contributed by atoms with Gasteiger partial charge in [-0.3, -0.25) is 14.5 Å². The van der Waals surface area contributed by atoms with Crippen LogP contribution in [-0.2, 0) is 4.74 Å². The predicted molar refractivity (Wildman–Crippen MR) is 83.1 cm³/mol. The maximum atomic E-state index is 12.3. The average molecular weight is 309 g/mol. The van der Waals surface area contributed by atoms with E-state index in [0.29, 0.717) is 16.7 Å². The SMILES string of the molecule is CC(CN1C(=O)c2ccccc2C1=O)OC(=O)c1ccccc1. The van der Waals surface area contributed by atoms with Gasteiger partial charge in [-0.1, -0.05) is 30.3 Å². The number of amides is 2. The second-order valence-corrected chi connectivity index (χ2v) is 5.35. The summed E-state index contributed by atoms with van der Waals surface area (Å²) in [5, 5.41) is 0. The van der Waals surface area contributed by atoms with Crippen molar-refractivity contribution in [3.63, 3.8) is 0 Å². The van der Waals surface area contributed by atoms with E-state index in [2.05, 4.69) is 0 Å². The van der Waals surface area contributed by atoms with E-state index < -0.39 is 12.1 Å². The van der Waals surface area contributed by atoms with Gasteiger partial charge >= 0.3 is 5.97 Å². The summed E-state index contributed by atoms with van der Waals surface area (Å²) in [6, 6.07) is 15.3. The average Bonchev–Trinajstić information content (AvgIpc) is 2.81. The standard InChI is InChI=1S/C18H15NO4/c1-12(23-18(22)13-7-3-2-4-8-13)11-19-16(20)14-9-5-6-10-15(14)17(19)21/h2-10,12H,11H2,1H3. The van der Waals surface area contributed by atoms with Crippen LogP contribution in [0.1, 0.15) is 38.0 Å². The van der Waals surface area contributed by atoms with Gasteiger partial charge in [0.2, 0.25) is 0 Å². The Balaban J connectivity index is 1.67. The van der Waals surface area contributed by atoms with Crippen molar-refractivity contribution in [2.45, 2.75) is 13.0 Å². The molecule has 0 fully saturated rings. The molecule has 3 rings (SSSR count). The first-order valence-electron chi connectivity index (χ1n) is 7.29. The lowest BCUT2D eigenvalue weighted by molar-refractivity contribution is 0.0238. The minimum Gasteiger partial charge on any atom is -0.457 e. The van der Waals surface area contributed by atoms with E-state index >= 15 is 0 Å². The summed E-state index contributed by atoms with van der Waals surface area (Å²) in [5.74, 6) is -1.18. The molecule has 0 aromatic heterocycles. The van der Waals surface area contributed by atoms with Crippen molar-refractivity contribution in [2.24, 2.45) is 0 Å². The zero-order chi connectivity index (χ0) is 16.4. The lowest BCUT2D eigenvalue weighted by atomic mass is 10.1. The third kappa shape index (κ3) is 2.85. The highest BCUT2D eigenvalue weighted by Gasteiger charge is 2.36. The number of imide groups is 1. The monoisotopic (exact) mass is 309 g/mol. The van der Waals surface area contributed by atoms with Crippen LogP contribution in [0.25, 0.3) is 0 Å². The number of esters is 1. The molecule has 2 aromatic rings. The quantitative estimate of drug-likeness (QED) is 0.643. The van der Waals surface area contributed by atoms with Gasteiger partial charge in [-0.2, -0.15) is 0 Å². The number of fused-ring (bicyclic) bond motifs is 1. The largest absolute Gasteiger partial charge is 0.457 e. The van der Waals surface area contributed by atoms with E-state index in [9.17, 15) is 14.4 Å². The van der Waals surface area contributed by atoms with Crippen molar-refractivity contribution in [2.75, 3.05) is 6.54 Å². The lowest BCUT2D eigenvalue weighted by Crippen LogP contribution is -2.37. The Morgan fingerprint density at radius 3 is 2.04 bits per heavy atom. The fourth-order valence-electron chi connectivity index (χ4n) is 2.52. The Kier molecular flexibility index (Phi) is 3.93. The van der Waals surface area contributed by atoms with Crippen LogP contribution < -0.4 is 0 Å².